The van der Waals surface area contributed by atoms with E-state index in [1.54, 1.807) is 0 Å². The molecule has 0 atom stereocenters. The predicted octanol–water partition coefficient (Wildman–Crippen LogP) is 3.76. The molecule has 4 nitrogen and oxygen atoms in total. The number of halogens is 3. The average molecular weight is 506 g/mol. The van der Waals surface area contributed by atoms with Gasteiger partial charge >= 0.3 is 0 Å². The maximum absolute atomic E-state index is 13.7. The van der Waals surface area contributed by atoms with Crippen LogP contribution in [0.25, 0.3) is 0 Å². The highest BCUT2D eigenvalue weighted by molar-refractivity contribution is 14.0. The fourth-order valence-electron chi connectivity index (χ4n) is 3.00. The molecule has 1 aliphatic heterocycles. The van der Waals surface area contributed by atoms with Gasteiger partial charge < -0.3 is 10.6 Å². The molecule has 1 aromatic heterocycles. The van der Waals surface area contributed by atoms with Gasteiger partial charge in [0.2, 0.25) is 0 Å². The molecule has 27 heavy (non-hydrogen) atoms. The molecular weight excluding hydrogens is 481 g/mol. The third-order valence-electron chi connectivity index (χ3n) is 4.37. The number of rotatable bonds is 6. The van der Waals surface area contributed by atoms with E-state index in [1.165, 1.54) is 16.5 Å². The zero-order chi connectivity index (χ0) is 18.4. The van der Waals surface area contributed by atoms with Crippen LogP contribution < -0.4 is 10.6 Å². The van der Waals surface area contributed by atoms with Gasteiger partial charge in [-0.1, -0.05) is 0 Å². The van der Waals surface area contributed by atoms with Gasteiger partial charge in [0, 0.05) is 43.2 Å². The first-order valence-electron chi connectivity index (χ1n) is 8.89. The molecule has 0 saturated carbocycles. The standard InChI is InChI=1S/C19H24F2N4S.HI/c1-2-22-19(24-12-15-11-16(20)3-4-17(15)21)23-7-9-25-8-5-18-14(13-25)6-10-26-18;/h3-4,6,10-11H,2,5,7-9,12-13H2,1H3,(H2,22,23,24);1H. The molecule has 1 aromatic carbocycles. The minimum atomic E-state index is -0.451. The number of nitrogens with zero attached hydrogens (tertiary/aromatic N) is 2. The van der Waals surface area contributed by atoms with E-state index in [0.717, 1.165) is 44.7 Å². The van der Waals surface area contributed by atoms with Crippen LogP contribution in [0.5, 0.6) is 0 Å². The van der Waals surface area contributed by atoms with Gasteiger partial charge in [0.05, 0.1) is 6.54 Å². The lowest BCUT2D eigenvalue weighted by molar-refractivity contribution is 0.260. The zero-order valence-electron chi connectivity index (χ0n) is 15.3. The summed E-state index contributed by atoms with van der Waals surface area (Å²) in [4.78, 5) is 8.28. The number of guanidine groups is 1. The smallest absolute Gasteiger partial charge is 0.191 e. The molecule has 0 amide bonds. The Hall–Kier alpha value is -1.26. The zero-order valence-corrected chi connectivity index (χ0v) is 18.5. The maximum Gasteiger partial charge on any atom is 0.191 e. The summed E-state index contributed by atoms with van der Waals surface area (Å²) in [5, 5.41) is 8.58. The predicted molar refractivity (Wildman–Crippen MR) is 118 cm³/mol. The van der Waals surface area contributed by atoms with Crippen molar-refractivity contribution in [2.75, 3.05) is 26.2 Å². The minimum absolute atomic E-state index is 0. The van der Waals surface area contributed by atoms with Crippen molar-refractivity contribution in [3.63, 3.8) is 0 Å². The first-order chi connectivity index (χ1) is 12.7. The van der Waals surface area contributed by atoms with Gasteiger partial charge in [0.25, 0.3) is 0 Å². The summed E-state index contributed by atoms with van der Waals surface area (Å²) in [5.41, 5.74) is 1.69. The highest BCUT2D eigenvalue weighted by atomic mass is 127. The normalized spacial score (nSPS) is 14.4. The second-order valence-electron chi connectivity index (χ2n) is 6.25. The van der Waals surface area contributed by atoms with E-state index in [2.05, 4.69) is 32.0 Å². The number of benzene rings is 1. The Balaban J connectivity index is 0.00000261. The van der Waals surface area contributed by atoms with E-state index in [0.29, 0.717) is 12.5 Å². The fourth-order valence-corrected chi connectivity index (χ4v) is 3.89. The number of nitrogens with one attached hydrogen (secondary N) is 2. The van der Waals surface area contributed by atoms with Crippen molar-refractivity contribution in [3.05, 3.63) is 57.3 Å². The number of hydrogen-bond donors (Lipinski definition) is 2. The molecule has 2 heterocycles. The van der Waals surface area contributed by atoms with Crippen LogP contribution in [0.4, 0.5) is 8.78 Å². The number of fused-ring (bicyclic) bond motifs is 1. The van der Waals surface area contributed by atoms with Crippen molar-refractivity contribution in [2.24, 2.45) is 4.99 Å². The summed E-state index contributed by atoms with van der Waals surface area (Å²) < 4.78 is 27.0. The maximum atomic E-state index is 13.7. The number of aliphatic imine (C=N–C) groups is 1. The van der Waals surface area contributed by atoms with Crippen LogP contribution in [-0.4, -0.2) is 37.0 Å². The third kappa shape index (κ3) is 6.39. The molecule has 2 aromatic rings. The topological polar surface area (TPSA) is 39.7 Å². The second kappa shape index (κ2) is 10.9. The van der Waals surface area contributed by atoms with E-state index >= 15 is 0 Å². The van der Waals surface area contributed by atoms with E-state index in [-0.39, 0.29) is 36.1 Å². The fraction of sp³-hybridized carbons (Fsp3) is 0.421. The molecule has 1 aliphatic rings. The Morgan fingerprint density at radius 3 is 2.93 bits per heavy atom. The Labute approximate surface area is 180 Å². The first-order valence-corrected chi connectivity index (χ1v) is 9.77. The van der Waals surface area contributed by atoms with Gasteiger partial charge in [-0.05, 0) is 48.6 Å². The molecule has 148 valence electrons. The Morgan fingerprint density at radius 1 is 1.26 bits per heavy atom. The van der Waals surface area contributed by atoms with Crippen LogP contribution in [0, 0.1) is 11.6 Å². The van der Waals surface area contributed by atoms with Gasteiger partial charge in [-0.2, -0.15) is 0 Å². The Kier molecular flexibility index (Phi) is 8.91. The molecule has 0 bridgehead atoms. The average Bonchev–Trinajstić information content (AvgIpc) is 3.10. The lowest BCUT2D eigenvalue weighted by Crippen LogP contribution is -2.42. The van der Waals surface area contributed by atoms with Crippen LogP contribution in [0.2, 0.25) is 0 Å². The molecule has 0 fully saturated rings. The summed E-state index contributed by atoms with van der Waals surface area (Å²) >= 11 is 1.84. The molecule has 8 heteroatoms. The van der Waals surface area contributed by atoms with Crippen LogP contribution in [0.1, 0.15) is 22.9 Å². The van der Waals surface area contributed by atoms with Crippen molar-refractivity contribution in [3.8, 4) is 0 Å². The van der Waals surface area contributed by atoms with Gasteiger partial charge in [-0.25, -0.2) is 13.8 Å². The van der Waals surface area contributed by atoms with Crippen LogP contribution in [0.15, 0.2) is 34.6 Å². The minimum Gasteiger partial charge on any atom is -0.357 e. The number of hydrogen-bond acceptors (Lipinski definition) is 3. The van der Waals surface area contributed by atoms with Crippen LogP contribution in [-0.2, 0) is 19.5 Å². The number of thiophene rings is 1. The van der Waals surface area contributed by atoms with Crippen molar-refractivity contribution in [1.82, 2.24) is 15.5 Å². The van der Waals surface area contributed by atoms with Gasteiger partial charge in [-0.3, -0.25) is 4.90 Å². The Morgan fingerprint density at radius 2 is 2.11 bits per heavy atom. The molecule has 0 spiro atoms. The van der Waals surface area contributed by atoms with Gasteiger partial charge in [0.15, 0.2) is 5.96 Å². The van der Waals surface area contributed by atoms with Crippen molar-refractivity contribution in [1.29, 1.82) is 0 Å². The second-order valence-corrected chi connectivity index (χ2v) is 7.25. The highest BCUT2D eigenvalue weighted by Crippen LogP contribution is 2.23. The van der Waals surface area contributed by atoms with Crippen LogP contribution >= 0.6 is 35.3 Å². The van der Waals surface area contributed by atoms with E-state index in [4.69, 9.17) is 0 Å². The molecule has 0 saturated heterocycles. The third-order valence-corrected chi connectivity index (χ3v) is 5.39. The summed E-state index contributed by atoms with van der Waals surface area (Å²) in [5.74, 6) is -0.275. The molecule has 0 aliphatic carbocycles. The monoisotopic (exact) mass is 506 g/mol. The van der Waals surface area contributed by atoms with E-state index in [9.17, 15) is 8.78 Å². The summed E-state index contributed by atoms with van der Waals surface area (Å²) in [7, 11) is 0. The lowest BCUT2D eigenvalue weighted by Gasteiger charge is -2.27. The van der Waals surface area contributed by atoms with Gasteiger partial charge in [0.1, 0.15) is 11.6 Å². The van der Waals surface area contributed by atoms with Crippen molar-refractivity contribution < 1.29 is 8.78 Å². The first kappa shape index (κ1) is 22.0. The summed E-state index contributed by atoms with van der Waals surface area (Å²) in [6.07, 6.45) is 1.11. The largest absolute Gasteiger partial charge is 0.357 e. The molecule has 3 rings (SSSR count). The lowest BCUT2D eigenvalue weighted by atomic mass is 10.1. The van der Waals surface area contributed by atoms with Crippen molar-refractivity contribution >= 4 is 41.3 Å². The van der Waals surface area contributed by atoms with Crippen molar-refractivity contribution in [2.45, 2.75) is 26.4 Å². The SMILES string of the molecule is CCNC(=NCc1cc(F)ccc1F)NCCN1CCc2sccc2C1.I. The summed E-state index contributed by atoms with van der Waals surface area (Å²) in [6.45, 7) is 6.49. The molecule has 0 radical (unpaired) electrons. The van der Waals surface area contributed by atoms with Crippen LogP contribution in [0.3, 0.4) is 0 Å². The molecule has 0 unspecified atom stereocenters. The van der Waals surface area contributed by atoms with E-state index < -0.39 is 11.6 Å². The highest BCUT2D eigenvalue weighted by Gasteiger charge is 2.16. The molecule has 2 N–H and O–H groups in total. The molecular formula is C19H25F2IN4S. The Bertz CT molecular complexity index is 766. The summed E-state index contributed by atoms with van der Waals surface area (Å²) in [6, 6.07) is 5.65. The van der Waals surface area contributed by atoms with Gasteiger partial charge in [-0.15, -0.1) is 35.3 Å². The quantitative estimate of drug-likeness (QED) is 0.356. The van der Waals surface area contributed by atoms with E-state index in [1.807, 2.05) is 18.3 Å².